The summed E-state index contributed by atoms with van der Waals surface area (Å²) in [6, 6.07) is 0. The van der Waals surface area contributed by atoms with Gasteiger partial charge in [0.25, 0.3) is 11.5 Å². The molecule has 18 heavy (non-hydrogen) atoms. The summed E-state index contributed by atoms with van der Waals surface area (Å²) in [5, 5.41) is 18.1. The quantitative estimate of drug-likeness (QED) is 0.465. The van der Waals surface area contributed by atoms with Crippen LogP contribution in [0.1, 0.15) is 6.42 Å². The molecule has 0 amide bonds. The number of aliphatic hydroxyl groups is 2. The average molecular weight is 254 g/mol. The van der Waals surface area contributed by atoms with Gasteiger partial charge in [0.1, 0.15) is 0 Å². The van der Waals surface area contributed by atoms with Gasteiger partial charge < -0.3 is 15.9 Å². The molecular weight excluding hydrogens is 238 g/mol. The van der Waals surface area contributed by atoms with E-state index in [9.17, 15) is 9.90 Å². The number of aryl methyl sites for hydroxylation is 2. The van der Waals surface area contributed by atoms with Gasteiger partial charge >= 0.3 is 5.65 Å². The van der Waals surface area contributed by atoms with Crippen molar-refractivity contribution in [1.29, 1.82) is 0 Å². The minimum Gasteiger partial charge on any atom is -0.394 e. The van der Waals surface area contributed by atoms with Crippen LogP contribution in [0.25, 0.3) is 11.2 Å². The lowest BCUT2D eigenvalue weighted by molar-refractivity contribution is -0.675. The van der Waals surface area contributed by atoms with Crippen LogP contribution >= 0.6 is 0 Å². The second kappa shape index (κ2) is 4.75. The summed E-state index contributed by atoms with van der Waals surface area (Å²) in [5.41, 5.74) is 6.08. The molecule has 8 nitrogen and oxygen atoms in total. The molecule has 0 spiro atoms. The smallest absolute Gasteiger partial charge is 0.311 e. The SMILES string of the molecule is Cn1c[n+](CC[C@@H](O)CO)c2nc(N)[nH]c(=O)c21. The Morgan fingerprint density at radius 3 is 3.06 bits per heavy atom. The maximum Gasteiger partial charge on any atom is 0.311 e. The van der Waals surface area contributed by atoms with Gasteiger partial charge in [-0.25, -0.2) is 4.57 Å². The molecule has 0 radical (unpaired) electrons. The van der Waals surface area contributed by atoms with Gasteiger partial charge in [-0.05, 0) is 0 Å². The molecule has 1 atom stereocenters. The van der Waals surface area contributed by atoms with E-state index in [0.717, 1.165) is 0 Å². The van der Waals surface area contributed by atoms with Crippen molar-refractivity contribution in [2.45, 2.75) is 19.1 Å². The topological polar surface area (TPSA) is 121 Å². The summed E-state index contributed by atoms with van der Waals surface area (Å²) in [4.78, 5) is 18.2. The highest BCUT2D eigenvalue weighted by Gasteiger charge is 2.19. The number of aromatic amines is 1. The van der Waals surface area contributed by atoms with Crippen LogP contribution in [0.15, 0.2) is 11.1 Å². The zero-order chi connectivity index (χ0) is 13.3. The van der Waals surface area contributed by atoms with Crippen molar-refractivity contribution in [3.63, 3.8) is 0 Å². The molecule has 0 saturated carbocycles. The number of fused-ring (bicyclic) bond motifs is 1. The Kier molecular flexibility index (Phi) is 3.30. The standard InChI is InChI=1S/C10H15N5O3/c1-14-5-15(3-2-6(17)4-16)8-7(14)9(18)13-10(11)12-8/h5-6,16-17H,2-4H2,1H3,(H2-,11,12,13,18)/p+1/t6-/m1/s1. The van der Waals surface area contributed by atoms with E-state index in [1.54, 1.807) is 22.5 Å². The Morgan fingerprint density at radius 1 is 1.67 bits per heavy atom. The van der Waals surface area contributed by atoms with E-state index in [4.69, 9.17) is 10.8 Å². The number of aliphatic hydroxyl groups excluding tert-OH is 2. The maximum atomic E-state index is 11.7. The van der Waals surface area contributed by atoms with Gasteiger partial charge in [0.15, 0.2) is 6.33 Å². The van der Waals surface area contributed by atoms with Gasteiger partial charge in [-0.1, -0.05) is 4.98 Å². The number of hydrogen-bond donors (Lipinski definition) is 4. The largest absolute Gasteiger partial charge is 0.394 e. The minimum absolute atomic E-state index is 0.0511. The average Bonchev–Trinajstić information content (AvgIpc) is 2.62. The Bertz CT molecular complexity index is 618. The lowest BCUT2D eigenvalue weighted by Gasteiger charge is -2.04. The van der Waals surface area contributed by atoms with Crippen LogP contribution in [0.5, 0.6) is 0 Å². The molecule has 2 aromatic rings. The van der Waals surface area contributed by atoms with E-state index in [-0.39, 0.29) is 18.1 Å². The first-order chi connectivity index (χ1) is 8.52. The normalized spacial score (nSPS) is 13.1. The second-order valence-corrected chi connectivity index (χ2v) is 4.17. The molecule has 0 saturated heterocycles. The Hall–Kier alpha value is -1.93. The molecule has 5 N–H and O–H groups in total. The molecule has 8 heteroatoms. The number of nitrogens with two attached hydrogens (primary N) is 1. The van der Waals surface area contributed by atoms with Gasteiger partial charge in [-0.15, -0.1) is 0 Å². The first-order valence-electron chi connectivity index (χ1n) is 5.56. The second-order valence-electron chi connectivity index (χ2n) is 4.17. The molecule has 2 rings (SSSR count). The van der Waals surface area contributed by atoms with E-state index >= 15 is 0 Å². The van der Waals surface area contributed by atoms with E-state index in [2.05, 4.69) is 9.97 Å². The fourth-order valence-corrected chi connectivity index (χ4v) is 1.85. The van der Waals surface area contributed by atoms with Crippen molar-refractivity contribution in [3.8, 4) is 0 Å². The summed E-state index contributed by atoms with van der Waals surface area (Å²) in [5.74, 6) is 0.0511. The van der Waals surface area contributed by atoms with Gasteiger partial charge in [-0.2, -0.15) is 0 Å². The summed E-state index contributed by atoms with van der Waals surface area (Å²) < 4.78 is 3.37. The monoisotopic (exact) mass is 254 g/mol. The first kappa shape index (κ1) is 12.5. The minimum atomic E-state index is -0.785. The van der Waals surface area contributed by atoms with Crippen molar-refractivity contribution in [2.75, 3.05) is 12.3 Å². The van der Waals surface area contributed by atoms with E-state index in [0.29, 0.717) is 24.1 Å². The van der Waals surface area contributed by atoms with Gasteiger partial charge in [-0.3, -0.25) is 14.3 Å². The van der Waals surface area contributed by atoms with Gasteiger partial charge in [0.2, 0.25) is 5.52 Å². The van der Waals surface area contributed by atoms with Crippen molar-refractivity contribution in [1.82, 2.24) is 14.5 Å². The highest BCUT2D eigenvalue weighted by atomic mass is 16.3. The van der Waals surface area contributed by atoms with Crippen molar-refractivity contribution < 1.29 is 14.8 Å². The summed E-state index contributed by atoms with van der Waals surface area (Å²) in [6.45, 7) is 0.149. The molecule has 0 bridgehead atoms. The lowest BCUT2D eigenvalue weighted by Crippen LogP contribution is -2.36. The molecule has 98 valence electrons. The highest BCUT2D eigenvalue weighted by Crippen LogP contribution is 2.03. The van der Waals surface area contributed by atoms with E-state index < -0.39 is 6.10 Å². The number of anilines is 1. The molecule has 0 aliphatic heterocycles. The van der Waals surface area contributed by atoms with Crippen LogP contribution in [-0.2, 0) is 13.6 Å². The fourth-order valence-electron chi connectivity index (χ4n) is 1.85. The van der Waals surface area contributed by atoms with Crippen molar-refractivity contribution in [3.05, 3.63) is 16.7 Å². The number of H-pyrrole nitrogens is 1. The summed E-state index contributed by atoms with van der Waals surface area (Å²) in [6.07, 6.45) is 1.29. The molecule has 0 aliphatic carbocycles. The first-order valence-corrected chi connectivity index (χ1v) is 5.56. The molecule has 0 aliphatic rings. The molecule has 2 aromatic heterocycles. The third-order valence-electron chi connectivity index (χ3n) is 2.75. The van der Waals surface area contributed by atoms with Gasteiger partial charge in [0, 0.05) is 6.42 Å². The Labute approximate surface area is 102 Å². The molecule has 0 fully saturated rings. The van der Waals surface area contributed by atoms with Crippen LogP contribution in [0.4, 0.5) is 5.95 Å². The third kappa shape index (κ3) is 2.20. The number of aromatic nitrogens is 4. The summed E-state index contributed by atoms with van der Waals surface area (Å²) >= 11 is 0. The third-order valence-corrected chi connectivity index (χ3v) is 2.75. The predicted octanol–water partition coefficient (Wildman–Crippen LogP) is -2.13. The number of nitrogens with zero attached hydrogens (tertiary/aromatic N) is 3. The Morgan fingerprint density at radius 2 is 2.39 bits per heavy atom. The van der Waals surface area contributed by atoms with Crippen molar-refractivity contribution >= 4 is 17.1 Å². The number of nitrogen functional groups attached to an aromatic ring is 1. The molecule has 0 unspecified atom stereocenters. The number of rotatable bonds is 4. The summed E-state index contributed by atoms with van der Waals surface area (Å²) in [7, 11) is 1.73. The zero-order valence-electron chi connectivity index (χ0n) is 10.00. The van der Waals surface area contributed by atoms with Crippen LogP contribution in [-0.4, -0.2) is 37.5 Å². The molecular formula is C10H16N5O3+. The molecule has 0 aromatic carbocycles. The van der Waals surface area contributed by atoms with Crippen LogP contribution in [0.3, 0.4) is 0 Å². The number of hydrogen-bond acceptors (Lipinski definition) is 5. The van der Waals surface area contributed by atoms with Crippen LogP contribution in [0.2, 0.25) is 0 Å². The van der Waals surface area contributed by atoms with Crippen LogP contribution < -0.4 is 15.9 Å². The van der Waals surface area contributed by atoms with Crippen molar-refractivity contribution in [2.24, 2.45) is 7.05 Å². The zero-order valence-corrected chi connectivity index (χ0v) is 10.00. The highest BCUT2D eigenvalue weighted by molar-refractivity contribution is 5.66. The lowest BCUT2D eigenvalue weighted by atomic mass is 10.3. The Balaban J connectivity index is 2.43. The number of nitrogens with one attached hydrogen (secondary N) is 1. The maximum absolute atomic E-state index is 11.7. The number of imidazole rings is 1. The predicted molar refractivity (Wildman–Crippen MR) is 63.7 cm³/mol. The van der Waals surface area contributed by atoms with Gasteiger partial charge in [0.05, 0.1) is 26.3 Å². The fraction of sp³-hybridized carbons (Fsp3) is 0.500. The van der Waals surface area contributed by atoms with E-state index in [1.807, 2.05) is 0 Å². The van der Waals surface area contributed by atoms with Crippen LogP contribution in [0, 0.1) is 0 Å². The van der Waals surface area contributed by atoms with E-state index in [1.165, 1.54) is 0 Å². The molecule has 2 heterocycles.